The normalized spacial score (nSPS) is 11.5. The molecule has 28 heteroatoms. The summed E-state index contributed by atoms with van der Waals surface area (Å²) >= 11 is 9.30. The maximum absolute atomic E-state index is 9.75. The Hall–Kier alpha value is -8.91. The molecule has 8 heterocycles. The van der Waals surface area contributed by atoms with Crippen LogP contribution in [0.1, 0.15) is 151 Å². The number of aryl methyl sites for hydroxylation is 2. The molecule has 2 atom stereocenters. The third kappa shape index (κ3) is 22.5. The second-order valence-corrected chi connectivity index (χ2v) is 23.2. The SMILES string of the molecule is C#Cc1cc(Oc2cnc(N)nc2NCC(O)CC)c(C(C)C)cn1.CCC(CO)Nc1ncc(Oc2cc(Cl)ncc2C(C)C)c(N)n1.Cc1ncc(Oc2cc(Br)ncc2C(C)C)c(NN)n1.Cc1ncc(Oc2cc(CN(C)C)ncc2C(C)C)c(N)n1. The molecule has 0 saturated carbocycles. The fourth-order valence-electron chi connectivity index (χ4n) is 7.96. The third-order valence-electron chi connectivity index (χ3n) is 13.1. The Labute approximate surface area is 545 Å². The van der Waals surface area contributed by atoms with E-state index in [0.717, 1.165) is 46.7 Å². The lowest BCUT2D eigenvalue weighted by molar-refractivity contribution is 0.183. The lowest BCUT2D eigenvalue weighted by Gasteiger charge is -2.17. The largest absolute Gasteiger partial charge is 0.451 e. The Bertz CT molecular complexity index is 3690. The van der Waals surface area contributed by atoms with Crippen molar-refractivity contribution in [2.75, 3.05) is 60.5 Å². The van der Waals surface area contributed by atoms with Gasteiger partial charge in [-0.05, 0) is 80.4 Å². The Morgan fingerprint density at radius 3 is 1.63 bits per heavy atom. The van der Waals surface area contributed by atoms with Crippen LogP contribution in [0.2, 0.25) is 5.15 Å². The van der Waals surface area contributed by atoms with Crippen molar-refractivity contribution < 1.29 is 29.2 Å². The smallest absolute Gasteiger partial charge is 0.225 e. The van der Waals surface area contributed by atoms with Crippen LogP contribution in [0.5, 0.6) is 46.0 Å². The highest BCUT2D eigenvalue weighted by atomic mass is 79.9. The fraction of sp³-hybridized carbons (Fsp3) is 0.397. The zero-order valence-electron chi connectivity index (χ0n) is 53.9. The minimum Gasteiger partial charge on any atom is -0.451 e. The van der Waals surface area contributed by atoms with Crippen molar-refractivity contribution in [2.45, 2.75) is 138 Å². The van der Waals surface area contributed by atoms with Crippen LogP contribution in [-0.4, -0.2) is 114 Å². The van der Waals surface area contributed by atoms with E-state index in [1.807, 2.05) is 74.0 Å². The molecule has 0 aromatic carbocycles. The van der Waals surface area contributed by atoms with Crippen LogP contribution >= 0.6 is 27.5 Å². The van der Waals surface area contributed by atoms with Crippen molar-refractivity contribution in [3.05, 3.63) is 129 Å². The first kappa shape index (κ1) is 72.8. The number of rotatable bonds is 23. The standard InChI is InChI=1S/C18H23N5O2.C16H22ClN5O2.C16H23N5O.C13H16BrN5O/c1-5-12-7-15(14(9-20-12)11(3)4)25-16-10-22-18(19)23-17(16)21-8-13(24)6-2;1-4-10(8-23)21-16-20-7-13(15(18)22-16)24-12-5-14(17)19-6-11(12)9(2)3;1-10(2)13-7-19-12(9-21(4)5)6-14(13)22-15-8-18-11(3)20-16(15)17;1-7(2)9-5-17-12(14)4-10(9)20-11-6-16-8(3)18-13(11)19-15/h1,7,9-11,13,24H,6,8H2,2-4H3,(H3,19,21,22,23);5-7,9-10,23H,4,8H2,1-3H3,(H3,18,20,21,22);6-8,10H,9H2,1-5H3,(H2,17,18,20);4-7H,15H2,1-3H3,(H,16,18,19). The number of nitrogens with two attached hydrogens (primary N) is 4. The van der Waals surface area contributed by atoms with Gasteiger partial charge in [0.15, 0.2) is 46.3 Å². The predicted molar refractivity (Wildman–Crippen MR) is 360 cm³/mol. The van der Waals surface area contributed by atoms with Crippen LogP contribution in [0.4, 0.5) is 35.2 Å². The summed E-state index contributed by atoms with van der Waals surface area (Å²) in [6.07, 6.45) is 19.5. The average Bonchev–Trinajstić information content (AvgIpc) is 1.18. The molecule has 26 nitrogen and oxygen atoms in total. The molecule has 0 fully saturated rings. The molecule has 13 N–H and O–H groups in total. The second-order valence-electron chi connectivity index (χ2n) is 22.0. The number of hydrogen-bond acceptors (Lipinski definition) is 26. The monoisotopic (exact) mass is 1330 g/mol. The third-order valence-corrected chi connectivity index (χ3v) is 13.7. The number of nitrogens with one attached hydrogen (secondary N) is 3. The van der Waals surface area contributed by atoms with E-state index in [2.05, 4.69) is 130 Å². The van der Waals surface area contributed by atoms with Crippen LogP contribution in [0.15, 0.2) is 78.4 Å². The zero-order valence-corrected chi connectivity index (χ0v) is 56.3. The number of aliphatic hydroxyl groups is 2. The summed E-state index contributed by atoms with van der Waals surface area (Å²) in [6.45, 7) is 25.0. The molecule has 0 aliphatic rings. The lowest BCUT2D eigenvalue weighted by atomic mass is 10.0. The summed E-state index contributed by atoms with van der Waals surface area (Å²) in [5.41, 5.74) is 25.3. The molecule has 0 saturated heterocycles. The number of halogens is 2. The molecule has 8 aromatic heterocycles. The molecule has 0 aliphatic carbocycles. The van der Waals surface area contributed by atoms with Crippen LogP contribution in [-0.2, 0) is 6.54 Å². The summed E-state index contributed by atoms with van der Waals surface area (Å²) in [4.78, 5) is 52.1. The summed E-state index contributed by atoms with van der Waals surface area (Å²) < 4.78 is 24.4. The molecule has 0 radical (unpaired) electrons. The van der Waals surface area contributed by atoms with Crippen molar-refractivity contribution in [1.29, 1.82) is 0 Å². The molecule has 2 unspecified atom stereocenters. The Kier molecular flexibility index (Phi) is 28.4. The van der Waals surface area contributed by atoms with Gasteiger partial charge in [0, 0.05) is 84.4 Å². The molecule has 0 bridgehead atoms. The first-order chi connectivity index (χ1) is 43.2. The molecule has 91 heavy (non-hydrogen) atoms. The number of hydrogen-bond donors (Lipinski definition) is 9. The topological polar surface area (TPSA) is 375 Å². The van der Waals surface area contributed by atoms with Crippen LogP contribution < -0.4 is 58.1 Å². The number of nitrogen functional groups attached to an aromatic ring is 4. The quantitative estimate of drug-likeness (QED) is 0.0124. The fourth-order valence-corrected chi connectivity index (χ4v) is 8.42. The van der Waals surface area contributed by atoms with Gasteiger partial charge in [0.2, 0.25) is 11.9 Å². The van der Waals surface area contributed by atoms with Crippen molar-refractivity contribution in [3.63, 3.8) is 0 Å². The van der Waals surface area contributed by atoms with E-state index in [1.54, 1.807) is 57.0 Å². The van der Waals surface area contributed by atoms with E-state index in [0.29, 0.717) is 110 Å². The van der Waals surface area contributed by atoms with E-state index in [-0.39, 0.29) is 42.2 Å². The van der Waals surface area contributed by atoms with Crippen LogP contribution in [0.3, 0.4) is 0 Å². The number of terminal acetylenes is 1. The Balaban J connectivity index is 0.000000221. The first-order valence-electron chi connectivity index (χ1n) is 29.3. The summed E-state index contributed by atoms with van der Waals surface area (Å²) in [5.74, 6) is 16.3. The number of nitrogens with zero attached hydrogens (tertiary/aromatic N) is 13. The minimum atomic E-state index is -0.496. The number of pyridine rings is 4. The van der Waals surface area contributed by atoms with Gasteiger partial charge in [0.1, 0.15) is 50.1 Å². The van der Waals surface area contributed by atoms with E-state index in [1.165, 1.54) is 12.4 Å². The molecule has 486 valence electrons. The van der Waals surface area contributed by atoms with Gasteiger partial charge < -0.3 is 67.3 Å². The average molecular weight is 1330 g/mol. The number of anilines is 6. The lowest BCUT2D eigenvalue weighted by Crippen LogP contribution is -2.24. The Morgan fingerprint density at radius 2 is 1.09 bits per heavy atom. The maximum Gasteiger partial charge on any atom is 0.225 e. The first-order valence-corrected chi connectivity index (χ1v) is 30.5. The van der Waals surface area contributed by atoms with E-state index in [4.69, 9.17) is 60.0 Å². The van der Waals surface area contributed by atoms with Gasteiger partial charge in [-0.3, -0.25) is 4.98 Å². The molecular formula is C63H84BrClN20O6. The number of hydrazine groups is 1. The van der Waals surface area contributed by atoms with Crippen molar-refractivity contribution in [1.82, 2.24) is 64.7 Å². The number of aromatic nitrogens is 12. The maximum atomic E-state index is 9.75. The van der Waals surface area contributed by atoms with Crippen molar-refractivity contribution in [2.24, 2.45) is 5.84 Å². The van der Waals surface area contributed by atoms with Gasteiger partial charge in [-0.2, -0.15) is 9.97 Å². The summed E-state index contributed by atoms with van der Waals surface area (Å²) in [6, 6.07) is 6.99. The molecule has 0 spiro atoms. The summed E-state index contributed by atoms with van der Waals surface area (Å²) in [5, 5.41) is 25.4. The van der Waals surface area contributed by atoms with Crippen LogP contribution in [0, 0.1) is 26.2 Å². The number of aliphatic hydroxyl groups excluding tert-OH is 2. The molecule has 0 amide bonds. The van der Waals surface area contributed by atoms with Crippen molar-refractivity contribution in [3.8, 4) is 58.3 Å². The predicted octanol–water partition coefficient (Wildman–Crippen LogP) is 11.6. The van der Waals surface area contributed by atoms with Crippen LogP contribution in [0.25, 0.3) is 0 Å². The summed E-state index contributed by atoms with van der Waals surface area (Å²) in [7, 11) is 4.01. The highest BCUT2D eigenvalue weighted by Gasteiger charge is 2.19. The minimum absolute atomic E-state index is 0.00865. The van der Waals surface area contributed by atoms with Gasteiger partial charge in [-0.15, -0.1) is 6.42 Å². The molecule has 0 aliphatic heterocycles. The van der Waals surface area contributed by atoms with E-state index >= 15 is 0 Å². The van der Waals surface area contributed by atoms with Gasteiger partial charge in [-0.1, -0.05) is 86.8 Å². The van der Waals surface area contributed by atoms with Gasteiger partial charge >= 0.3 is 0 Å². The Morgan fingerprint density at radius 1 is 0.593 bits per heavy atom. The molecular weight excluding hydrogens is 1250 g/mol. The van der Waals surface area contributed by atoms with E-state index < -0.39 is 6.10 Å². The van der Waals surface area contributed by atoms with Crippen molar-refractivity contribution >= 4 is 62.7 Å². The van der Waals surface area contributed by atoms with E-state index in [9.17, 15) is 10.2 Å². The zero-order chi connectivity index (χ0) is 67.1. The number of ether oxygens (including phenoxy) is 4. The highest BCUT2D eigenvalue weighted by Crippen LogP contribution is 2.38. The van der Waals surface area contributed by atoms with Gasteiger partial charge in [0.25, 0.3) is 0 Å². The second kappa shape index (κ2) is 35.5. The highest BCUT2D eigenvalue weighted by molar-refractivity contribution is 9.10. The molecule has 8 rings (SSSR count). The van der Waals surface area contributed by atoms with Gasteiger partial charge in [-0.25, -0.2) is 50.7 Å². The molecule has 8 aromatic rings. The van der Waals surface area contributed by atoms with Gasteiger partial charge in [0.05, 0.1) is 49.2 Å².